The lowest BCUT2D eigenvalue weighted by atomic mass is 10.1. The van der Waals surface area contributed by atoms with E-state index in [0.29, 0.717) is 10.9 Å². The standard InChI is InChI=1S/C21H23N3O3/c1-13(2)24(18-11-14(3)9-10-15(18)4)19(25)12-23-20(26)16-7-5-6-8-17(16)22-21(23)27/h5-11,13H,12H2,1-4H3,(H,22,27). The van der Waals surface area contributed by atoms with Crippen LogP contribution in [-0.2, 0) is 11.3 Å². The summed E-state index contributed by atoms with van der Waals surface area (Å²) in [5.74, 6) is -0.304. The molecule has 2 aromatic carbocycles. The molecular weight excluding hydrogens is 342 g/mol. The Kier molecular flexibility index (Phi) is 4.99. The third-order valence-electron chi connectivity index (χ3n) is 4.59. The number of anilines is 1. The zero-order chi connectivity index (χ0) is 19.7. The van der Waals surface area contributed by atoms with Gasteiger partial charge in [0, 0.05) is 11.7 Å². The number of H-pyrrole nitrogens is 1. The maximum absolute atomic E-state index is 13.1. The SMILES string of the molecule is Cc1ccc(C)c(N(C(=O)Cn2c(=O)[nH]c3ccccc3c2=O)C(C)C)c1. The molecule has 27 heavy (non-hydrogen) atoms. The van der Waals surface area contributed by atoms with Crippen molar-refractivity contribution >= 4 is 22.5 Å². The molecule has 3 rings (SSSR count). The first-order valence-corrected chi connectivity index (χ1v) is 8.90. The van der Waals surface area contributed by atoms with Crippen LogP contribution in [0.15, 0.2) is 52.1 Å². The van der Waals surface area contributed by atoms with E-state index in [-0.39, 0.29) is 18.5 Å². The molecule has 0 saturated heterocycles. The van der Waals surface area contributed by atoms with Crippen molar-refractivity contribution in [2.24, 2.45) is 0 Å². The summed E-state index contributed by atoms with van der Waals surface area (Å²) in [6, 6.07) is 12.6. The molecule has 140 valence electrons. The van der Waals surface area contributed by atoms with Gasteiger partial charge in [-0.3, -0.25) is 14.2 Å². The Labute approximate surface area is 157 Å². The van der Waals surface area contributed by atoms with Crippen LogP contribution in [-0.4, -0.2) is 21.5 Å². The molecule has 1 heterocycles. The van der Waals surface area contributed by atoms with E-state index in [2.05, 4.69) is 4.98 Å². The smallest absolute Gasteiger partial charge is 0.308 e. The van der Waals surface area contributed by atoms with E-state index in [1.807, 2.05) is 45.9 Å². The van der Waals surface area contributed by atoms with E-state index in [1.165, 1.54) is 0 Å². The number of nitrogens with zero attached hydrogens (tertiary/aromatic N) is 2. The average molecular weight is 365 g/mol. The largest absolute Gasteiger partial charge is 0.329 e. The fourth-order valence-electron chi connectivity index (χ4n) is 3.23. The normalized spacial score (nSPS) is 11.1. The van der Waals surface area contributed by atoms with Gasteiger partial charge < -0.3 is 9.88 Å². The molecule has 0 radical (unpaired) electrons. The number of aromatic amines is 1. The van der Waals surface area contributed by atoms with E-state index in [0.717, 1.165) is 21.4 Å². The van der Waals surface area contributed by atoms with Gasteiger partial charge in [-0.05, 0) is 57.0 Å². The maximum atomic E-state index is 13.1. The zero-order valence-electron chi connectivity index (χ0n) is 15.9. The minimum absolute atomic E-state index is 0.117. The first-order valence-electron chi connectivity index (χ1n) is 8.90. The number of nitrogens with one attached hydrogen (secondary N) is 1. The second-order valence-corrected chi connectivity index (χ2v) is 7.01. The van der Waals surface area contributed by atoms with Gasteiger partial charge >= 0.3 is 5.69 Å². The number of aromatic nitrogens is 2. The summed E-state index contributed by atoms with van der Waals surface area (Å²) >= 11 is 0. The Morgan fingerprint density at radius 1 is 1.11 bits per heavy atom. The van der Waals surface area contributed by atoms with E-state index >= 15 is 0 Å². The summed E-state index contributed by atoms with van der Waals surface area (Å²) < 4.78 is 0.963. The van der Waals surface area contributed by atoms with Crippen molar-refractivity contribution in [3.63, 3.8) is 0 Å². The lowest BCUT2D eigenvalue weighted by Gasteiger charge is -2.29. The number of rotatable bonds is 4. The van der Waals surface area contributed by atoms with Crippen molar-refractivity contribution in [1.82, 2.24) is 9.55 Å². The summed E-state index contributed by atoms with van der Waals surface area (Å²) in [7, 11) is 0. The van der Waals surface area contributed by atoms with Crippen LogP contribution in [0.1, 0.15) is 25.0 Å². The summed E-state index contributed by atoms with van der Waals surface area (Å²) in [6.07, 6.45) is 0. The third-order valence-corrected chi connectivity index (χ3v) is 4.59. The van der Waals surface area contributed by atoms with Gasteiger partial charge in [-0.2, -0.15) is 0 Å². The van der Waals surface area contributed by atoms with Crippen molar-refractivity contribution in [3.05, 3.63) is 74.4 Å². The third kappa shape index (κ3) is 3.56. The van der Waals surface area contributed by atoms with Gasteiger partial charge in [0.1, 0.15) is 6.54 Å². The van der Waals surface area contributed by atoms with Crippen LogP contribution in [0.2, 0.25) is 0 Å². The number of carbonyl (C=O) groups is 1. The monoisotopic (exact) mass is 365 g/mol. The summed E-state index contributed by atoms with van der Waals surface area (Å²) in [6.45, 7) is 7.40. The van der Waals surface area contributed by atoms with E-state index in [9.17, 15) is 14.4 Å². The highest BCUT2D eigenvalue weighted by atomic mass is 16.2. The molecule has 0 fully saturated rings. The number of benzene rings is 2. The Bertz CT molecular complexity index is 1130. The van der Waals surface area contributed by atoms with Gasteiger partial charge in [-0.25, -0.2) is 4.79 Å². The first-order chi connectivity index (χ1) is 12.8. The predicted molar refractivity (Wildman–Crippen MR) is 107 cm³/mol. The number of hydrogen-bond donors (Lipinski definition) is 1. The Morgan fingerprint density at radius 2 is 1.81 bits per heavy atom. The molecule has 1 aromatic heterocycles. The molecular formula is C21H23N3O3. The number of fused-ring (bicyclic) bond motifs is 1. The van der Waals surface area contributed by atoms with Gasteiger partial charge in [0.25, 0.3) is 5.56 Å². The molecule has 0 aliphatic rings. The molecule has 1 N–H and O–H groups in total. The number of para-hydroxylation sites is 1. The predicted octanol–water partition coefficient (Wildman–Crippen LogP) is 2.75. The quantitative estimate of drug-likeness (QED) is 0.772. The van der Waals surface area contributed by atoms with Crippen LogP contribution in [0.5, 0.6) is 0 Å². The topological polar surface area (TPSA) is 75.2 Å². The highest BCUT2D eigenvalue weighted by Gasteiger charge is 2.22. The van der Waals surface area contributed by atoms with Crippen molar-refractivity contribution < 1.29 is 4.79 Å². The highest BCUT2D eigenvalue weighted by Crippen LogP contribution is 2.24. The van der Waals surface area contributed by atoms with Crippen LogP contribution in [0.4, 0.5) is 5.69 Å². The average Bonchev–Trinajstić information content (AvgIpc) is 2.61. The molecule has 0 atom stereocenters. The second kappa shape index (κ2) is 7.23. The van der Waals surface area contributed by atoms with Crippen molar-refractivity contribution in [3.8, 4) is 0 Å². The van der Waals surface area contributed by atoms with Gasteiger partial charge in [-0.15, -0.1) is 0 Å². The lowest BCUT2D eigenvalue weighted by molar-refractivity contribution is -0.119. The van der Waals surface area contributed by atoms with Gasteiger partial charge in [0.15, 0.2) is 0 Å². The molecule has 0 aliphatic heterocycles. The number of amides is 1. The van der Waals surface area contributed by atoms with Crippen LogP contribution >= 0.6 is 0 Å². The second-order valence-electron chi connectivity index (χ2n) is 7.01. The Hall–Kier alpha value is -3.15. The molecule has 1 amide bonds. The Morgan fingerprint density at radius 3 is 2.52 bits per heavy atom. The fourth-order valence-corrected chi connectivity index (χ4v) is 3.23. The van der Waals surface area contributed by atoms with Gasteiger partial charge in [0.2, 0.25) is 5.91 Å². The lowest BCUT2D eigenvalue weighted by Crippen LogP contribution is -2.45. The fraction of sp³-hybridized carbons (Fsp3) is 0.286. The summed E-state index contributed by atoms with van der Waals surface area (Å²) in [4.78, 5) is 42.5. The molecule has 0 unspecified atom stereocenters. The van der Waals surface area contributed by atoms with Crippen molar-refractivity contribution in [2.75, 3.05) is 4.90 Å². The van der Waals surface area contributed by atoms with E-state index < -0.39 is 11.2 Å². The van der Waals surface area contributed by atoms with Gasteiger partial charge in [-0.1, -0.05) is 24.3 Å². The van der Waals surface area contributed by atoms with Crippen LogP contribution in [0, 0.1) is 13.8 Å². The molecule has 0 spiro atoms. The minimum atomic E-state index is -0.586. The molecule has 6 nitrogen and oxygen atoms in total. The minimum Gasteiger partial charge on any atom is -0.308 e. The van der Waals surface area contributed by atoms with Crippen LogP contribution in [0.25, 0.3) is 10.9 Å². The zero-order valence-corrected chi connectivity index (χ0v) is 15.9. The van der Waals surface area contributed by atoms with Crippen molar-refractivity contribution in [2.45, 2.75) is 40.3 Å². The van der Waals surface area contributed by atoms with E-state index in [4.69, 9.17) is 0 Å². The number of aryl methyl sites for hydroxylation is 2. The molecule has 0 saturated carbocycles. The number of hydrogen-bond acceptors (Lipinski definition) is 3. The Balaban J connectivity index is 2.05. The van der Waals surface area contributed by atoms with Crippen LogP contribution in [0.3, 0.4) is 0 Å². The number of carbonyl (C=O) groups excluding carboxylic acids is 1. The van der Waals surface area contributed by atoms with Gasteiger partial charge in [0.05, 0.1) is 10.9 Å². The molecule has 3 aromatic rings. The molecule has 6 heteroatoms. The molecule has 0 bridgehead atoms. The van der Waals surface area contributed by atoms with Crippen molar-refractivity contribution in [1.29, 1.82) is 0 Å². The summed E-state index contributed by atoms with van der Waals surface area (Å²) in [5.41, 5.74) is 2.20. The van der Waals surface area contributed by atoms with Crippen LogP contribution < -0.4 is 16.1 Å². The first kappa shape index (κ1) is 18.6. The summed E-state index contributed by atoms with van der Waals surface area (Å²) in [5, 5.41) is 0.382. The highest BCUT2D eigenvalue weighted by molar-refractivity contribution is 5.94. The maximum Gasteiger partial charge on any atom is 0.329 e. The molecule has 0 aliphatic carbocycles. The van der Waals surface area contributed by atoms with E-state index in [1.54, 1.807) is 29.2 Å².